The van der Waals surface area contributed by atoms with E-state index in [0.29, 0.717) is 0 Å². The first-order valence-corrected chi connectivity index (χ1v) is 4.90. The van der Waals surface area contributed by atoms with Gasteiger partial charge in [-0.15, -0.1) is 0 Å². The van der Waals surface area contributed by atoms with Crippen molar-refractivity contribution in [2.75, 3.05) is 0 Å². The first-order chi connectivity index (χ1) is 6.31. The van der Waals surface area contributed by atoms with Gasteiger partial charge in [-0.25, -0.2) is 0 Å². The van der Waals surface area contributed by atoms with Crippen molar-refractivity contribution in [2.24, 2.45) is 0 Å². The molecule has 0 heteroatoms. The molecule has 0 bridgehead atoms. The van der Waals surface area contributed by atoms with Gasteiger partial charge in [0.25, 0.3) is 0 Å². The Morgan fingerprint density at radius 2 is 1.23 bits per heavy atom. The van der Waals surface area contributed by atoms with Crippen molar-refractivity contribution in [2.45, 2.75) is 34.6 Å². The minimum Gasteiger partial charge on any atom is -0.0919 e. The van der Waals surface area contributed by atoms with Gasteiger partial charge < -0.3 is 0 Å². The summed E-state index contributed by atoms with van der Waals surface area (Å²) >= 11 is 0. The maximum Gasteiger partial charge on any atom is -0.0398 e. The van der Waals surface area contributed by atoms with E-state index in [2.05, 4.69) is 19.1 Å². The van der Waals surface area contributed by atoms with Gasteiger partial charge in [-0.1, -0.05) is 61.9 Å². The fraction of sp³-hybridized carbons (Fsp3) is 0.385. The molecular formula is C13H22. The zero-order valence-corrected chi connectivity index (χ0v) is 9.54. The predicted octanol–water partition coefficient (Wildman–Crippen LogP) is 4.60. The average Bonchev–Trinajstić information content (AvgIpc) is 2.22. The Kier molecular flexibility index (Phi) is 15.1. The van der Waals surface area contributed by atoms with Crippen LogP contribution in [0.4, 0.5) is 0 Å². The summed E-state index contributed by atoms with van der Waals surface area (Å²) in [5.74, 6) is 0. The molecule has 0 aliphatic carbocycles. The van der Waals surface area contributed by atoms with E-state index >= 15 is 0 Å². The second-order valence-electron chi connectivity index (χ2n) is 2.32. The maximum absolute atomic E-state index is 2.08. The maximum atomic E-state index is 2.08. The van der Waals surface area contributed by atoms with Crippen molar-refractivity contribution >= 4 is 0 Å². The number of aryl methyl sites for hydroxylation is 1. The fourth-order valence-corrected chi connectivity index (χ4v) is 0.534. The summed E-state index contributed by atoms with van der Waals surface area (Å²) in [5, 5.41) is 0. The molecule has 0 spiro atoms. The minimum absolute atomic E-state index is 1.32. The molecule has 0 aliphatic rings. The van der Waals surface area contributed by atoms with Crippen molar-refractivity contribution in [1.82, 2.24) is 0 Å². The fourth-order valence-electron chi connectivity index (χ4n) is 0.534. The third-order valence-electron chi connectivity index (χ3n) is 1.27. The standard InChI is InChI=1S/C7H8.C4H8.C2H6/c1-7-5-3-2-4-6-7;1-3-4-2;1-2/h2-6H,1H3;3-4H,1-2H3;1-2H3/b;4-3-;. The second kappa shape index (κ2) is 13.5. The van der Waals surface area contributed by atoms with Gasteiger partial charge in [-0.3, -0.25) is 0 Å². The number of hydrogen-bond donors (Lipinski definition) is 0. The third kappa shape index (κ3) is 13.9. The van der Waals surface area contributed by atoms with Crippen molar-refractivity contribution in [1.29, 1.82) is 0 Å². The lowest BCUT2D eigenvalue weighted by Gasteiger charge is -1.82. The Labute approximate surface area is 83.3 Å². The molecule has 0 aromatic heterocycles. The van der Waals surface area contributed by atoms with Gasteiger partial charge in [0.15, 0.2) is 0 Å². The summed E-state index contributed by atoms with van der Waals surface area (Å²) in [4.78, 5) is 0. The molecule has 0 aliphatic heterocycles. The summed E-state index contributed by atoms with van der Waals surface area (Å²) in [6, 6.07) is 10.3. The smallest absolute Gasteiger partial charge is 0.0398 e. The highest BCUT2D eigenvalue weighted by molar-refractivity contribution is 5.11. The molecule has 0 N–H and O–H groups in total. The SMILES string of the molecule is C/C=C\C.CC.Cc1ccccc1. The zero-order valence-electron chi connectivity index (χ0n) is 9.54. The molecule has 0 saturated carbocycles. The molecular weight excluding hydrogens is 156 g/mol. The summed E-state index contributed by atoms with van der Waals surface area (Å²) in [5.41, 5.74) is 1.32. The highest BCUT2D eigenvalue weighted by Crippen LogP contribution is 1.92. The van der Waals surface area contributed by atoms with Crippen LogP contribution in [0.5, 0.6) is 0 Å². The van der Waals surface area contributed by atoms with Gasteiger partial charge in [0.2, 0.25) is 0 Å². The van der Waals surface area contributed by atoms with Crippen LogP contribution in [0, 0.1) is 6.92 Å². The van der Waals surface area contributed by atoms with Crippen LogP contribution < -0.4 is 0 Å². The van der Waals surface area contributed by atoms with Gasteiger partial charge in [0.1, 0.15) is 0 Å². The Morgan fingerprint density at radius 1 is 0.846 bits per heavy atom. The normalized spacial score (nSPS) is 8.08. The predicted molar refractivity (Wildman–Crippen MR) is 63.0 cm³/mol. The van der Waals surface area contributed by atoms with Crippen LogP contribution in [0.3, 0.4) is 0 Å². The number of hydrogen-bond acceptors (Lipinski definition) is 0. The quantitative estimate of drug-likeness (QED) is 0.509. The molecule has 0 nitrogen and oxygen atoms in total. The Balaban J connectivity index is 0. The van der Waals surface area contributed by atoms with E-state index in [1.54, 1.807) is 0 Å². The second-order valence-corrected chi connectivity index (χ2v) is 2.32. The molecule has 0 radical (unpaired) electrons. The Hall–Kier alpha value is -1.04. The number of rotatable bonds is 0. The van der Waals surface area contributed by atoms with Crippen molar-refractivity contribution < 1.29 is 0 Å². The Bertz CT molecular complexity index is 180. The highest BCUT2D eigenvalue weighted by Gasteiger charge is 1.72. The van der Waals surface area contributed by atoms with Crippen LogP contribution in [-0.4, -0.2) is 0 Å². The van der Waals surface area contributed by atoms with Crippen LogP contribution >= 0.6 is 0 Å². The molecule has 0 saturated heterocycles. The molecule has 1 aromatic carbocycles. The van der Waals surface area contributed by atoms with E-state index in [4.69, 9.17) is 0 Å². The molecule has 0 fully saturated rings. The molecule has 1 aromatic rings. The summed E-state index contributed by atoms with van der Waals surface area (Å²) in [6.07, 6.45) is 4.00. The average molecular weight is 178 g/mol. The monoisotopic (exact) mass is 178 g/mol. The summed E-state index contributed by atoms with van der Waals surface area (Å²) < 4.78 is 0. The molecule has 0 unspecified atom stereocenters. The van der Waals surface area contributed by atoms with Gasteiger partial charge >= 0.3 is 0 Å². The zero-order chi connectivity index (χ0) is 10.5. The molecule has 0 amide bonds. The van der Waals surface area contributed by atoms with Gasteiger partial charge in [-0.05, 0) is 20.8 Å². The van der Waals surface area contributed by atoms with E-state index < -0.39 is 0 Å². The summed E-state index contributed by atoms with van der Waals surface area (Å²) in [7, 11) is 0. The van der Waals surface area contributed by atoms with Crippen LogP contribution in [0.1, 0.15) is 33.3 Å². The Morgan fingerprint density at radius 3 is 1.38 bits per heavy atom. The van der Waals surface area contributed by atoms with Crippen LogP contribution in [0.15, 0.2) is 42.5 Å². The number of benzene rings is 1. The largest absolute Gasteiger partial charge is 0.0919 e. The van der Waals surface area contributed by atoms with Crippen molar-refractivity contribution in [3.8, 4) is 0 Å². The summed E-state index contributed by atoms with van der Waals surface area (Å²) in [6.45, 7) is 10.1. The van der Waals surface area contributed by atoms with E-state index in [0.717, 1.165) is 0 Å². The van der Waals surface area contributed by atoms with Crippen molar-refractivity contribution in [3.05, 3.63) is 48.0 Å². The van der Waals surface area contributed by atoms with E-state index in [9.17, 15) is 0 Å². The van der Waals surface area contributed by atoms with Crippen LogP contribution in [0.25, 0.3) is 0 Å². The topological polar surface area (TPSA) is 0 Å². The highest BCUT2D eigenvalue weighted by atomic mass is 13.8. The lowest BCUT2D eigenvalue weighted by atomic mass is 10.2. The minimum atomic E-state index is 1.32. The number of allylic oxidation sites excluding steroid dienone is 2. The molecule has 74 valence electrons. The van der Waals surface area contributed by atoms with Crippen molar-refractivity contribution in [3.63, 3.8) is 0 Å². The first-order valence-electron chi connectivity index (χ1n) is 4.90. The third-order valence-corrected chi connectivity index (χ3v) is 1.27. The van der Waals surface area contributed by atoms with Gasteiger partial charge in [0, 0.05) is 0 Å². The van der Waals surface area contributed by atoms with E-state index in [1.165, 1.54) is 5.56 Å². The molecule has 0 atom stereocenters. The molecule has 0 heterocycles. The molecule has 1 rings (SSSR count). The lowest BCUT2D eigenvalue weighted by molar-refractivity contribution is 1.48. The lowest BCUT2D eigenvalue weighted by Crippen LogP contribution is -1.62. The molecule has 13 heavy (non-hydrogen) atoms. The first kappa shape index (κ1) is 14.5. The van der Waals surface area contributed by atoms with E-state index in [-0.39, 0.29) is 0 Å². The van der Waals surface area contributed by atoms with Crippen LogP contribution in [-0.2, 0) is 0 Å². The van der Waals surface area contributed by atoms with Gasteiger partial charge in [0.05, 0.1) is 0 Å². The van der Waals surface area contributed by atoms with E-state index in [1.807, 2.05) is 58.0 Å². The van der Waals surface area contributed by atoms with Gasteiger partial charge in [-0.2, -0.15) is 0 Å². The van der Waals surface area contributed by atoms with Crippen LogP contribution in [0.2, 0.25) is 0 Å².